The van der Waals surface area contributed by atoms with E-state index in [1.54, 1.807) is 22.0 Å². The quantitative estimate of drug-likeness (QED) is 0.469. The molecule has 9 heteroatoms. The molecule has 152 valence electrons. The van der Waals surface area contributed by atoms with Gasteiger partial charge in [-0.15, -0.1) is 0 Å². The molecule has 0 bridgehead atoms. The zero-order valence-electron chi connectivity index (χ0n) is 16.3. The van der Waals surface area contributed by atoms with Crippen molar-refractivity contribution in [1.82, 2.24) is 40.2 Å². The zero-order chi connectivity index (χ0) is 20.6. The van der Waals surface area contributed by atoms with Gasteiger partial charge in [-0.05, 0) is 22.3 Å². The molecule has 2 heterocycles. The molecule has 2 amide bonds. The van der Waals surface area contributed by atoms with Crippen LogP contribution in [0, 0.1) is 0 Å². The number of hydrogen-bond acceptors (Lipinski definition) is 5. The number of carbonyl (C=O) groups is 1. The smallest absolute Gasteiger partial charge is 0.315 e. The molecular weight excluding hydrogens is 380 g/mol. The fourth-order valence-corrected chi connectivity index (χ4v) is 3.11. The lowest BCUT2D eigenvalue weighted by Gasteiger charge is -2.10. The van der Waals surface area contributed by atoms with Crippen molar-refractivity contribution in [3.05, 3.63) is 96.1 Å². The average Bonchev–Trinajstić information content (AvgIpc) is 3.46. The van der Waals surface area contributed by atoms with Gasteiger partial charge in [0.15, 0.2) is 0 Å². The number of aromatic nitrogens is 6. The number of hydrogen-bond donors (Lipinski definition) is 2. The second-order valence-electron chi connectivity index (χ2n) is 6.86. The Hall–Kier alpha value is -4.01. The molecule has 0 spiro atoms. The van der Waals surface area contributed by atoms with Gasteiger partial charge in [-0.25, -0.2) is 24.1 Å². The predicted molar refractivity (Wildman–Crippen MR) is 110 cm³/mol. The molecule has 0 saturated heterocycles. The van der Waals surface area contributed by atoms with Gasteiger partial charge in [-0.2, -0.15) is 10.2 Å². The molecule has 4 aromatic rings. The number of amides is 2. The highest BCUT2D eigenvalue weighted by Gasteiger charge is 2.04. The Morgan fingerprint density at radius 3 is 1.63 bits per heavy atom. The second-order valence-corrected chi connectivity index (χ2v) is 6.86. The average molecular weight is 402 g/mol. The van der Waals surface area contributed by atoms with Crippen LogP contribution in [-0.2, 0) is 26.2 Å². The van der Waals surface area contributed by atoms with E-state index < -0.39 is 0 Å². The fourth-order valence-electron chi connectivity index (χ4n) is 3.11. The SMILES string of the molecule is O=C(NCc1cccc(Cn2cncn2)c1)NCc1cccc(Cn2cncn2)c1. The summed E-state index contributed by atoms with van der Waals surface area (Å²) in [6.45, 7) is 2.18. The molecule has 4 rings (SSSR count). The molecule has 0 aliphatic heterocycles. The second kappa shape index (κ2) is 9.46. The van der Waals surface area contributed by atoms with Crippen molar-refractivity contribution in [3.8, 4) is 0 Å². The lowest BCUT2D eigenvalue weighted by Crippen LogP contribution is -2.34. The molecule has 2 aromatic heterocycles. The summed E-state index contributed by atoms with van der Waals surface area (Å²) < 4.78 is 3.52. The first-order valence-corrected chi connectivity index (χ1v) is 9.57. The van der Waals surface area contributed by atoms with Crippen LogP contribution in [0.1, 0.15) is 22.3 Å². The van der Waals surface area contributed by atoms with Gasteiger partial charge in [0.25, 0.3) is 0 Å². The number of rotatable bonds is 8. The van der Waals surface area contributed by atoms with E-state index in [4.69, 9.17) is 0 Å². The number of nitrogens with zero attached hydrogens (tertiary/aromatic N) is 6. The Morgan fingerprint density at radius 1 is 0.733 bits per heavy atom. The molecule has 2 N–H and O–H groups in total. The number of nitrogens with one attached hydrogen (secondary N) is 2. The third kappa shape index (κ3) is 5.51. The van der Waals surface area contributed by atoms with Gasteiger partial charge in [0.05, 0.1) is 13.1 Å². The lowest BCUT2D eigenvalue weighted by atomic mass is 10.1. The van der Waals surface area contributed by atoms with E-state index >= 15 is 0 Å². The molecule has 30 heavy (non-hydrogen) atoms. The third-order valence-corrected chi connectivity index (χ3v) is 4.51. The number of carbonyl (C=O) groups excluding carboxylic acids is 1. The van der Waals surface area contributed by atoms with Crippen LogP contribution in [0.5, 0.6) is 0 Å². The van der Waals surface area contributed by atoms with Crippen molar-refractivity contribution in [2.75, 3.05) is 0 Å². The summed E-state index contributed by atoms with van der Waals surface area (Å²) in [7, 11) is 0. The topological polar surface area (TPSA) is 103 Å². The van der Waals surface area contributed by atoms with Crippen LogP contribution < -0.4 is 10.6 Å². The highest BCUT2D eigenvalue weighted by molar-refractivity contribution is 5.73. The van der Waals surface area contributed by atoms with E-state index in [0.717, 1.165) is 22.3 Å². The molecule has 0 radical (unpaired) electrons. The van der Waals surface area contributed by atoms with Crippen LogP contribution in [0.4, 0.5) is 4.79 Å². The van der Waals surface area contributed by atoms with Gasteiger partial charge in [0, 0.05) is 13.1 Å². The molecule has 9 nitrogen and oxygen atoms in total. The van der Waals surface area contributed by atoms with E-state index in [0.29, 0.717) is 26.2 Å². The highest BCUT2D eigenvalue weighted by Crippen LogP contribution is 2.08. The summed E-state index contributed by atoms with van der Waals surface area (Å²) in [5, 5.41) is 14.0. The summed E-state index contributed by atoms with van der Waals surface area (Å²) >= 11 is 0. The summed E-state index contributed by atoms with van der Waals surface area (Å²) in [6.07, 6.45) is 6.39. The van der Waals surface area contributed by atoms with Crippen LogP contribution in [0.25, 0.3) is 0 Å². The standard InChI is InChI=1S/C21H22N8O/c30-21(24-9-17-3-1-5-19(7-17)11-28-15-22-13-26-28)25-10-18-4-2-6-20(8-18)12-29-16-23-14-27-29/h1-8,13-16H,9-12H2,(H2,24,25,30). The number of benzene rings is 2. The predicted octanol–water partition coefficient (Wildman–Crippen LogP) is 1.97. The van der Waals surface area contributed by atoms with Gasteiger partial charge < -0.3 is 10.6 Å². The van der Waals surface area contributed by atoms with Crippen LogP contribution in [-0.4, -0.2) is 35.6 Å². The van der Waals surface area contributed by atoms with Crippen molar-refractivity contribution in [1.29, 1.82) is 0 Å². The van der Waals surface area contributed by atoms with Gasteiger partial charge >= 0.3 is 6.03 Å². The molecular formula is C21H22N8O. The van der Waals surface area contributed by atoms with Crippen molar-refractivity contribution >= 4 is 6.03 Å². The van der Waals surface area contributed by atoms with Crippen LogP contribution in [0.3, 0.4) is 0 Å². The molecule has 0 saturated carbocycles. The monoisotopic (exact) mass is 402 g/mol. The Kier molecular flexibility index (Phi) is 6.09. The van der Waals surface area contributed by atoms with E-state index in [-0.39, 0.29) is 6.03 Å². The molecule has 0 unspecified atom stereocenters. The molecule has 0 aliphatic rings. The Labute approximate surface area is 173 Å². The van der Waals surface area contributed by atoms with E-state index in [1.807, 2.05) is 36.4 Å². The van der Waals surface area contributed by atoms with Crippen LogP contribution in [0.2, 0.25) is 0 Å². The Bertz CT molecular complexity index is 990. The molecule has 0 atom stereocenters. The first-order valence-electron chi connectivity index (χ1n) is 9.57. The maximum Gasteiger partial charge on any atom is 0.315 e. The lowest BCUT2D eigenvalue weighted by molar-refractivity contribution is 0.240. The summed E-state index contributed by atoms with van der Waals surface area (Å²) in [6, 6.07) is 15.9. The maximum absolute atomic E-state index is 12.2. The number of urea groups is 1. The van der Waals surface area contributed by atoms with E-state index in [2.05, 4.69) is 42.9 Å². The third-order valence-electron chi connectivity index (χ3n) is 4.51. The molecule has 0 fully saturated rings. The molecule has 0 aliphatic carbocycles. The minimum atomic E-state index is -0.210. The van der Waals surface area contributed by atoms with Crippen LogP contribution in [0.15, 0.2) is 73.8 Å². The minimum absolute atomic E-state index is 0.210. The van der Waals surface area contributed by atoms with Crippen molar-refractivity contribution < 1.29 is 4.79 Å². The Balaban J connectivity index is 1.25. The maximum atomic E-state index is 12.2. The largest absolute Gasteiger partial charge is 0.334 e. The fraction of sp³-hybridized carbons (Fsp3) is 0.190. The summed E-state index contributed by atoms with van der Waals surface area (Å²) in [5.41, 5.74) is 4.25. The van der Waals surface area contributed by atoms with Gasteiger partial charge in [0.2, 0.25) is 0 Å². The van der Waals surface area contributed by atoms with Gasteiger partial charge in [-0.3, -0.25) is 0 Å². The van der Waals surface area contributed by atoms with Gasteiger partial charge in [-0.1, -0.05) is 48.5 Å². The summed E-state index contributed by atoms with van der Waals surface area (Å²) in [5.74, 6) is 0. The minimum Gasteiger partial charge on any atom is -0.334 e. The first-order chi connectivity index (χ1) is 14.7. The zero-order valence-corrected chi connectivity index (χ0v) is 16.3. The van der Waals surface area contributed by atoms with Crippen molar-refractivity contribution in [2.45, 2.75) is 26.2 Å². The van der Waals surface area contributed by atoms with E-state index in [9.17, 15) is 4.79 Å². The van der Waals surface area contributed by atoms with E-state index in [1.165, 1.54) is 12.7 Å². The van der Waals surface area contributed by atoms with Crippen molar-refractivity contribution in [2.24, 2.45) is 0 Å². The van der Waals surface area contributed by atoms with Crippen molar-refractivity contribution in [3.63, 3.8) is 0 Å². The highest BCUT2D eigenvalue weighted by atomic mass is 16.2. The molecule has 2 aromatic carbocycles. The first kappa shape index (κ1) is 19.3. The van der Waals surface area contributed by atoms with Crippen LogP contribution >= 0.6 is 0 Å². The summed E-state index contributed by atoms with van der Waals surface area (Å²) in [4.78, 5) is 20.1. The Morgan fingerprint density at radius 2 is 1.20 bits per heavy atom. The van der Waals surface area contributed by atoms with Gasteiger partial charge in [0.1, 0.15) is 25.3 Å². The normalized spacial score (nSPS) is 10.7.